The monoisotopic (exact) mass is 262 g/mol. The van der Waals surface area contributed by atoms with Crippen molar-refractivity contribution >= 4 is 11.6 Å². The maximum Gasteiger partial charge on any atom is 0.390 e. The molecule has 1 aromatic rings. The minimum absolute atomic E-state index is 0.114. The maximum atomic E-state index is 12.2. The van der Waals surface area contributed by atoms with Crippen molar-refractivity contribution in [3.63, 3.8) is 0 Å². The highest BCUT2D eigenvalue weighted by Gasteiger charge is 2.27. The van der Waals surface area contributed by atoms with E-state index >= 15 is 0 Å². The smallest absolute Gasteiger partial charge is 0.373 e. The number of alkyl halides is 3. The first-order valence-corrected chi connectivity index (χ1v) is 5.68. The molecule has 0 unspecified atom stereocenters. The summed E-state index contributed by atoms with van der Waals surface area (Å²) in [6, 6.07) is 0. The molecule has 0 bridgehead atoms. The zero-order valence-electron chi connectivity index (χ0n) is 10.7. The zero-order chi connectivity index (χ0) is 13.8. The predicted molar refractivity (Wildman–Crippen MR) is 64.9 cm³/mol. The van der Waals surface area contributed by atoms with E-state index in [9.17, 15) is 13.2 Å². The number of anilines is 2. The zero-order valence-corrected chi connectivity index (χ0v) is 10.7. The number of halogens is 3. The van der Waals surface area contributed by atoms with E-state index in [1.807, 2.05) is 6.92 Å². The number of rotatable bonds is 5. The molecule has 1 aromatic heterocycles. The first-order chi connectivity index (χ1) is 8.39. The maximum absolute atomic E-state index is 12.2. The minimum Gasteiger partial charge on any atom is -0.373 e. The predicted octanol–water partition coefficient (Wildman–Crippen LogP) is 2.47. The van der Waals surface area contributed by atoms with Crippen molar-refractivity contribution in [1.29, 1.82) is 0 Å². The van der Waals surface area contributed by atoms with Crippen molar-refractivity contribution in [2.24, 2.45) is 0 Å². The molecule has 18 heavy (non-hydrogen) atoms. The van der Waals surface area contributed by atoms with Crippen LogP contribution in [0.3, 0.4) is 0 Å². The van der Waals surface area contributed by atoms with Crippen LogP contribution >= 0.6 is 0 Å². The van der Waals surface area contributed by atoms with Gasteiger partial charge in [0.2, 0.25) is 0 Å². The highest BCUT2D eigenvalue weighted by Crippen LogP contribution is 2.25. The SMILES string of the molecule is CCc1c(NC)ncnc1N(C)CCC(F)(F)F. The van der Waals surface area contributed by atoms with Gasteiger partial charge in [-0.25, -0.2) is 9.97 Å². The van der Waals surface area contributed by atoms with Crippen LogP contribution < -0.4 is 10.2 Å². The average molecular weight is 262 g/mol. The molecule has 7 heteroatoms. The van der Waals surface area contributed by atoms with E-state index in [1.54, 1.807) is 14.1 Å². The van der Waals surface area contributed by atoms with E-state index < -0.39 is 12.6 Å². The quantitative estimate of drug-likeness (QED) is 0.885. The lowest BCUT2D eigenvalue weighted by Crippen LogP contribution is -2.26. The van der Waals surface area contributed by atoms with Crippen molar-refractivity contribution in [1.82, 2.24) is 9.97 Å². The summed E-state index contributed by atoms with van der Waals surface area (Å²) in [5.74, 6) is 1.20. The summed E-state index contributed by atoms with van der Waals surface area (Å²) in [5.41, 5.74) is 0.824. The molecule has 0 spiro atoms. The molecule has 102 valence electrons. The molecular weight excluding hydrogens is 245 g/mol. The molecule has 0 amide bonds. The Balaban J connectivity index is 2.88. The summed E-state index contributed by atoms with van der Waals surface area (Å²) >= 11 is 0. The van der Waals surface area contributed by atoms with Gasteiger partial charge in [0.05, 0.1) is 6.42 Å². The van der Waals surface area contributed by atoms with Crippen molar-refractivity contribution in [2.75, 3.05) is 30.9 Å². The van der Waals surface area contributed by atoms with Gasteiger partial charge in [-0.3, -0.25) is 0 Å². The van der Waals surface area contributed by atoms with Gasteiger partial charge in [0.25, 0.3) is 0 Å². The van der Waals surface area contributed by atoms with E-state index in [0.717, 1.165) is 5.56 Å². The Hall–Kier alpha value is -1.53. The van der Waals surface area contributed by atoms with Gasteiger partial charge in [-0.15, -0.1) is 0 Å². The van der Waals surface area contributed by atoms with Crippen LogP contribution in [0.5, 0.6) is 0 Å². The Morgan fingerprint density at radius 1 is 1.33 bits per heavy atom. The van der Waals surface area contributed by atoms with Crippen LogP contribution in [-0.4, -0.2) is 36.8 Å². The third-order valence-corrected chi connectivity index (χ3v) is 2.61. The summed E-state index contributed by atoms with van der Waals surface area (Å²) in [6.07, 6.45) is -3.00. The lowest BCUT2D eigenvalue weighted by Gasteiger charge is -2.22. The minimum atomic E-state index is -4.15. The van der Waals surface area contributed by atoms with E-state index in [2.05, 4.69) is 15.3 Å². The lowest BCUT2D eigenvalue weighted by molar-refractivity contribution is -0.132. The average Bonchev–Trinajstić information content (AvgIpc) is 2.33. The molecule has 0 saturated heterocycles. The number of nitrogens with one attached hydrogen (secondary N) is 1. The molecule has 1 N–H and O–H groups in total. The Kier molecular flexibility index (Phi) is 4.75. The second-order valence-corrected chi connectivity index (χ2v) is 3.91. The Morgan fingerprint density at radius 2 is 2.00 bits per heavy atom. The third-order valence-electron chi connectivity index (χ3n) is 2.61. The van der Waals surface area contributed by atoms with Gasteiger partial charge in [0.1, 0.15) is 18.0 Å². The molecular formula is C11H17F3N4. The van der Waals surface area contributed by atoms with Gasteiger partial charge in [0, 0.05) is 26.2 Å². The number of nitrogens with zero attached hydrogens (tertiary/aromatic N) is 3. The lowest BCUT2D eigenvalue weighted by atomic mass is 10.2. The van der Waals surface area contributed by atoms with Gasteiger partial charge in [-0.2, -0.15) is 13.2 Å². The standard InChI is InChI=1S/C11H17F3N4/c1-4-8-9(15-2)16-7-17-10(8)18(3)6-5-11(12,13)14/h7H,4-6H2,1-3H3,(H,15,16,17). The van der Waals surface area contributed by atoms with Crippen molar-refractivity contribution in [2.45, 2.75) is 25.9 Å². The molecule has 0 saturated carbocycles. The van der Waals surface area contributed by atoms with Crippen LogP contribution in [0.1, 0.15) is 18.9 Å². The molecule has 0 aliphatic carbocycles. The molecule has 0 aliphatic heterocycles. The van der Waals surface area contributed by atoms with E-state index in [4.69, 9.17) is 0 Å². The van der Waals surface area contributed by atoms with Gasteiger partial charge >= 0.3 is 6.18 Å². The molecule has 0 atom stereocenters. The highest BCUT2D eigenvalue weighted by atomic mass is 19.4. The fourth-order valence-corrected chi connectivity index (χ4v) is 1.67. The van der Waals surface area contributed by atoms with Gasteiger partial charge < -0.3 is 10.2 Å². The van der Waals surface area contributed by atoms with Crippen LogP contribution in [0.4, 0.5) is 24.8 Å². The summed E-state index contributed by atoms with van der Waals surface area (Å²) in [6.45, 7) is 1.80. The summed E-state index contributed by atoms with van der Waals surface area (Å²) in [7, 11) is 3.33. The second-order valence-electron chi connectivity index (χ2n) is 3.91. The molecule has 0 radical (unpaired) electrons. The fourth-order valence-electron chi connectivity index (χ4n) is 1.67. The molecule has 1 heterocycles. The second kappa shape index (κ2) is 5.88. The summed E-state index contributed by atoms with van der Waals surface area (Å²) in [4.78, 5) is 9.62. The normalized spacial score (nSPS) is 11.4. The van der Waals surface area contributed by atoms with Gasteiger partial charge in [-0.05, 0) is 6.42 Å². The van der Waals surface area contributed by atoms with Crippen LogP contribution in [0.15, 0.2) is 6.33 Å². The molecule has 4 nitrogen and oxygen atoms in total. The highest BCUT2D eigenvalue weighted by molar-refractivity contribution is 5.58. The third kappa shape index (κ3) is 3.75. The molecule has 0 aliphatic rings. The van der Waals surface area contributed by atoms with Crippen LogP contribution in [0.2, 0.25) is 0 Å². The summed E-state index contributed by atoms with van der Waals surface area (Å²) in [5, 5.41) is 2.91. The first kappa shape index (κ1) is 14.5. The fraction of sp³-hybridized carbons (Fsp3) is 0.636. The van der Waals surface area contributed by atoms with Crippen molar-refractivity contribution in [3.8, 4) is 0 Å². The van der Waals surface area contributed by atoms with Gasteiger partial charge in [-0.1, -0.05) is 6.92 Å². The number of aromatic nitrogens is 2. The van der Waals surface area contributed by atoms with Crippen molar-refractivity contribution < 1.29 is 13.2 Å². The Morgan fingerprint density at radius 3 is 2.50 bits per heavy atom. The molecule has 0 aromatic carbocycles. The van der Waals surface area contributed by atoms with Crippen LogP contribution in [-0.2, 0) is 6.42 Å². The number of hydrogen-bond donors (Lipinski definition) is 1. The summed E-state index contributed by atoms with van der Waals surface area (Å²) < 4.78 is 36.6. The largest absolute Gasteiger partial charge is 0.390 e. The van der Waals surface area contributed by atoms with E-state index in [1.165, 1.54) is 11.2 Å². The van der Waals surface area contributed by atoms with E-state index in [0.29, 0.717) is 18.1 Å². The number of hydrogen-bond acceptors (Lipinski definition) is 4. The van der Waals surface area contributed by atoms with Gasteiger partial charge in [0.15, 0.2) is 0 Å². The Labute approximate surface area is 104 Å². The first-order valence-electron chi connectivity index (χ1n) is 5.68. The Bertz CT molecular complexity index is 392. The molecule has 0 fully saturated rings. The van der Waals surface area contributed by atoms with Crippen LogP contribution in [0, 0.1) is 0 Å². The van der Waals surface area contributed by atoms with E-state index in [-0.39, 0.29) is 6.54 Å². The van der Waals surface area contributed by atoms with Crippen molar-refractivity contribution in [3.05, 3.63) is 11.9 Å². The topological polar surface area (TPSA) is 41.1 Å². The van der Waals surface area contributed by atoms with Crippen LogP contribution in [0.25, 0.3) is 0 Å². The molecule has 1 rings (SSSR count).